The molecule has 0 bridgehead atoms. The molecule has 2 aromatic heterocycles. The zero-order chi connectivity index (χ0) is 14.8. The minimum Gasteiger partial charge on any atom is -0.471 e. The third kappa shape index (κ3) is 2.85. The van der Waals surface area contributed by atoms with Gasteiger partial charge in [-0.05, 0) is 13.0 Å². The Morgan fingerprint density at radius 3 is 3.05 bits per heavy atom. The van der Waals surface area contributed by atoms with Crippen LogP contribution in [0.25, 0.3) is 0 Å². The number of pyridine rings is 1. The van der Waals surface area contributed by atoms with Crippen molar-refractivity contribution in [3.63, 3.8) is 0 Å². The summed E-state index contributed by atoms with van der Waals surface area (Å²) in [6.45, 7) is 2.89. The van der Waals surface area contributed by atoms with Crippen LogP contribution in [0.2, 0.25) is 0 Å². The Kier molecular flexibility index (Phi) is 3.54. The molecule has 3 rings (SSSR count). The minimum atomic E-state index is -0.0878. The molecule has 1 aliphatic rings. The van der Waals surface area contributed by atoms with E-state index in [9.17, 15) is 4.79 Å². The van der Waals surface area contributed by atoms with Gasteiger partial charge in [-0.15, -0.1) is 11.3 Å². The molecule has 1 saturated heterocycles. The molecule has 106 valence electrons. The second-order valence-electron chi connectivity index (χ2n) is 4.70. The first-order valence-corrected chi connectivity index (χ1v) is 7.28. The zero-order valence-electron chi connectivity index (χ0n) is 11.3. The van der Waals surface area contributed by atoms with Crippen LogP contribution in [0.1, 0.15) is 21.1 Å². The van der Waals surface area contributed by atoms with Crippen molar-refractivity contribution in [2.45, 2.75) is 13.0 Å². The third-order valence-corrected chi connectivity index (χ3v) is 3.90. The molecule has 0 spiro atoms. The van der Waals surface area contributed by atoms with Crippen LogP contribution in [0, 0.1) is 18.3 Å². The lowest BCUT2D eigenvalue weighted by molar-refractivity contribution is 0.0156. The molecular formula is C14H12N4O2S. The highest BCUT2D eigenvalue weighted by molar-refractivity contribution is 7.09. The highest BCUT2D eigenvalue weighted by atomic mass is 32.1. The van der Waals surface area contributed by atoms with E-state index in [2.05, 4.69) is 9.97 Å². The fraction of sp³-hybridized carbons (Fsp3) is 0.286. The summed E-state index contributed by atoms with van der Waals surface area (Å²) in [7, 11) is 0. The van der Waals surface area contributed by atoms with E-state index in [-0.39, 0.29) is 12.0 Å². The van der Waals surface area contributed by atoms with Crippen LogP contribution in [-0.4, -0.2) is 40.0 Å². The molecule has 1 amide bonds. The van der Waals surface area contributed by atoms with E-state index in [0.29, 0.717) is 30.2 Å². The van der Waals surface area contributed by atoms with E-state index in [1.165, 1.54) is 17.5 Å². The lowest BCUT2D eigenvalue weighted by Gasteiger charge is -2.38. The van der Waals surface area contributed by atoms with Crippen LogP contribution in [0.3, 0.4) is 0 Å². The van der Waals surface area contributed by atoms with E-state index in [0.717, 1.165) is 5.01 Å². The smallest absolute Gasteiger partial charge is 0.273 e. The third-order valence-electron chi connectivity index (χ3n) is 3.12. The first-order chi connectivity index (χ1) is 10.2. The van der Waals surface area contributed by atoms with Gasteiger partial charge in [0.15, 0.2) is 0 Å². The molecule has 0 unspecified atom stereocenters. The fourth-order valence-electron chi connectivity index (χ4n) is 2.02. The van der Waals surface area contributed by atoms with E-state index in [4.69, 9.17) is 10.00 Å². The number of hydrogen-bond acceptors (Lipinski definition) is 6. The second kappa shape index (κ2) is 5.50. The molecule has 1 fully saturated rings. The molecule has 6 nitrogen and oxygen atoms in total. The van der Waals surface area contributed by atoms with Crippen molar-refractivity contribution in [1.82, 2.24) is 14.9 Å². The number of carbonyl (C=O) groups excluding carboxylic acids is 1. The number of amides is 1. The summed E-state index contributed by atoms with van der Waals surface area (Å²) in [5.74, 6) is 0.341. The van der Waals surface area contributed by atoms with Crippen molar-refractivity contribution in [1.29, 1.82) is 5.26 Å². The number of nitriles is 1. The van der Waals surface area contributed by atoms with Crippen LogP contribution in [0.4, 0.5) is 0 Å². The monoisotopic (exact) mass is 300 g/mol. The molecule has 3 heterocycles. The zero-order valence-corrected chi connectivity index (χ0v) is 12.1. The van der Waals surface area contributed by atoms with Crippen LogP contribution >= 0.6 is 11.3 Å². The van der Waals surface area contributed by atoms with Gasteiger partial charge in [0.25, 0.3) is 5.91 Å². The van der Waals surface area contributed by atoms with Gasteiger partial charge < -0.3 is 9.64 Å². The SMILES string of the molecule is Cc1nc(C(=O)N2CC(Oc3cc(C#N)ccn3)C2)cs1. The number of likely N-dealkylation sites (tertiary alicyclic amines) is 1. The van der Waals surface area contributed by atoms with E-state index < -0.39 is 0 Å². The van der Waals surface area contributed by atoms with E-state index >= 15 is 0 Å². The number of hydrogen-bond donors (Lipinski definition) is 0. The minimum absolute atomic E-state index is 0.0714. The van der Waals surface area contributed by atoms with Gasteiger partial charge >= 0.3 is 0 Å². The normalized spacial score (nSPS) is 14.4. The molecule has 0 radical (unpaired) electrons. The van der Waals surface area contributed by atoms with Gasteiger partial charge in [-0.1, -0.05) is 0 Å². The van der Waals surface area contributed by atoms with Crippen molar-refractivity contribution in [2.24, 2.45) is 0 Å². The summed E-state index contributed by atoms with van der Waals surface area (Å²) >= 11 is 1.46. The molecule has 0 aromatic carbocycles. The predicted octanol–water partition coefficient (Wildman–Crippen LogP) is 1.62. The predicted molar refractivity (Wildman–Crippen MR) is 76.1 cm³/mol. The number of aromatic nitrogens is 2. The number of rotatable bonds is 3. The molecule has 2 aromatic rings. The number of ether oxygens (including phenoxy) is 1. The molecule has 0 saturated carbocycles. The number of aryl methyl sites for hydroxylation is 1. The largest absolute Gasteiger partial charge is 0.471 e. The maximum absolute atomic E-state index is 12.1. The van der Waals surface area contributed by atoms with E-state index in [1.807, 2.05) is 13.0 Å². The van der Waals surface area contributed by atoms with Gasteiger partial charge in [0, 0.05) is 17.6 Å². The Hall–Kier alpha value is -2.46. The summed E-state index contributed by atoms with van der Waals surface area (Å²) in [5.41, 5.74) is 0.991. The summed E-state index contributed by atoms with van der Waals surface area (Å²) in [6, 6.07) is 5.25. The Morgan fingerprint density at radius 1 is 1.57 bits per heavy atom. The molecule has 7 heteroatoms. The summed E-state index contributed by atoms with van der Waals surface area (Å²) in [6.07, 6.45) is 1.45. The van der Waals surface area contributed by atoms with Crippen molar-refractivity contribution < 1.29 is 9.53 Å². The molecule has 1 aliphatic heterocycles. The Morgan fingerprint density at radius 2 is 2.38 bits per heavy atom. The Bertz CT molecular complexity index is 716. The average molecular weight is 300 g/mol. The molecule has 0 aliphatic carbocycles. The Labute approximate surface area is 125 Å². The second-order valence-corrected chi connectivity index (χ2v) is 5.76. The van der Waals surface area contributed by atoms with Gasteiger partial charge in [-0.3, -0.25) is 4.79 Å². The van der Waals surface area contributed by atoms with Gasteiger partial charge in [0.2, 0.25) is 5.88 Å². The van der Waals surface area contributed by atoms with Gasteiger partial charge in [0.05, 0.1) is 29.7 Å². The summed E-state index contributed by atoms with van der Waals surface area (Å²) in [4.78, 5) is 22.0. The molecular weight excluding hydrogens is 288 g/mol. The maximum Gasteiger partial charge on any atom is 0.273 e. The van der Waals surface area contributed by atoms with Crippen molar-refractivity contribution in [2.75, 3.05) is 13.1 Å². The fourth-order valence-corrected chi connectivity index (χ4v) is 2.60. The summed E-state index contributed by atoms with van der Waals surface area (Å²) < 4.78 is 5.64. The standard InChI is InChI=1S/C14H12N4O2S/c1-9-17-12(8-21-9)14(19)18-6-11(7-18)20-13-4-10(5-15)2-3-16-13/h2-4,8,11H,6-7H2,1H3. The van der Waals surface area contributed by atoms with Crippen LogP contribution in [0.5, 0.6) is 5.88 Å². The lowest BCUT2D eigenvalue weighted by atomic mass is 10.1. The van der Waals surface area contributed by atoms with Gasteiger partial charge in [-0.25, -0.2) is 9.97 Å². The summed E-state index contributed by atoms with van der Waals surface area (Å²) in [5, 5.41) is 11.5. The van der Waals surface area contributed by atoms with Crippen molar-refractivity contribution >= 4 is 17.2 Å². The molecule has 0 atom stereocenters. The van der Waals surface area contributed by atoms with Gasteiger partial charge in [0.1, 0.15) is 11.8 Å². The van der Waals surface area contributed by atoms with Crippen molar-refractivity contribution in [3.05, 3.63) is 40.0 Å². The van der Waals surface area contributed by atoms with E-state index in [1.54, 1.807) is 22.4 Å². The number of nitrogens with zero attached hydrogens (tertiary/aromatic N) is 4. The van der Waals surface area contributed by atoms with Gasteiger partial charge in [-0.2, -0.15) is 5.26 Å². The molecule has 21 heavy (non-hydrogen) atoms. The highest BCUT2D eigenvalue weighted by Gasteiger charge is 2.34. The first kappa shape index (κ1) is 13.5. The molecule has 0 N–H and O–H groups in total. The highest BCUT2D eigenvalue weighted by Crippen LogP contribution is 2.19. The first-order valence-electron chi connectivity index (χ1n) is 6.40. The lowest BCUT2D eigenvalue weighted by Crippen LogP contribution is -2.56. The topological polar surface area (TPSA) is 79.1 Å². The van der Waals surface area contributed by atoms with Crippen LogP contribution in [0.15, 0.2) is 23.7 Å². The van der Waals surface area contributed by atoms with Crippen molar-refractivity contribution in [3.8, 4) is 11.9 Å². The Balaban J connectivity index is 1.56. The van der Waals surface area contributed by atoms with Crippen LogP contribution in [-0.2, 0) is 0 Å². The average Bonchev–Trinajstić information content (AvgIpc) is 2.88. The number of thiazole rings is 1. The quantitative estimate of drug-likeness (QED) is 0.860. The number of carbonyl (C=O) groups is 1. The maximum atomic E-state index is 12.1. The van der Waals surface area contributed by atoms with Crippen LogP contribution < -0.4 is 4.74 Å².